The van der Waals surface area contributed by atoms with Crippen molar-refractivity contribution in [2.75, 3.05) is 18.7 Å². The summed E-state index contributed by atoms with van der Waals surface area (Å²) in [7, 11) is 0.500. The number of benzene rings is 3. The first-order valence-electron chi connectivity index (χ1n) is 13.2. The summed E-state index contributed by atoms with van der Waals surface area (Å²) in [5, 5.41) is 10.5. The number of carbonyl (C=O) groups is 1. The normalized spacial score (nSPS) is 12.7. The Labute approximate surface area is 297 Å². The van der Waals surface area contributed by atoms with Gasteiger partial charge in [-0.25, -0.2) is 9.98 Å². The third kappa shape index (κ3) is 23.1. The first-order chi connectivity index (χ1) is 21.1. The Morgan fingerprint density at radius 1 is 0.660 bits per heavy atom. The van der Waals surface area contributed by atoms with Gasteiger partial charge in [0.05, 0.1) is 24.3 Å². The number of para-hydroxylation sites is 2. The predicted molar refractivity (Wildman–Crippen MR) is 194 cm³/mol. The molecule has 3 aromatic carbocycles. The molecule has 0 unspecified atom stereocenters. The van der Waals surface area contributed by atoms with Crippen molar-refractivity contribution in [3.8, 4) is 0 Å². The maximum absolute atomic E-state index is 10.0. The molecule has 1 fully saturated rings. The van der Waals surface area contributed by atoms with Crippen LogP contribution in [0.25, 0.3) is 0 Å². The van der Waals surface area contributed by atoms with Crippen LogP contribution >= 0.6 is 23.5 Å². The fourth-order valence-corrected chi connectivity index (χ4v) is 5.61. The molecule has 268 valence electrons. The van der Waals surface area contributed by atoms with Gasteiger partial charge in [0.25, 0.3) is 0 Å². The van der Waals surface area contributed by atoms with Crippen molar-refractivity contribution in [1.29, 1.82) is 0 Å². The molecule has 4 rings (SSSR count). The van der Waals surface area contributed by atoms with E-state index in [-0.39, 0.29) is 42.9 Å². The zero-order valence-electron chi connectivity index (χ0n) is 26.6. The Morgan fingerprint density at radius 2 is 0.979 bits per heavy atom. The van der Waals surface area contributed by atoms with Gasteiger partial charge in [0.1, 0.15) is 10.1 Å². The Hall–Kier alpha value is -2.95. The Bertz CT molecular complexity index is 1230. The molecule has 0 spiro atoms. The van der Waals surface area contributed by atoms with Gasteiger partial charge < -0.3 is 5.11 Å². The molecule has 4 nitrogen and oxygen atoms in total. The fraction of sp³-hybridized carbons (Fsp3) is 0.343. The molecule has 1 saturated heterocycles. The minimum Gasteiger partial charge on any atom is -0.512 e. The Balaban J connectivity index is -0.000000213. The first kappa shape index (κ1) is 53.5. The molecule has 1 heterocycles. The molecule has 0 aromatic heterocycles. The minimum absolute atomic E-state index is 0. The third-order valence-electron chi connectivity index (χ3n) is 5.40. The predicted octanol–water partition coefficient (Wildman–Crippen LogP) is 12.7. The minimum atomic E-state index is -0.125. The number of allylic oxidation sites excluding steroid dienone is 2. The molecular weight excluding hydrogens is 698 g/mol. The second-order valence-electron chi connectivity index (χ2n) is 9.06. The number of ketones is 1. The van der Waals surface area contributed by atoms with Crippen LogP contribution in [0, 0.1) is 34.6 Å². The van der Waals surface area contributed by atoms with Crippen LogP contribution in [-0.4, -0.2) is 39.7 Å². The quantitative estimate of drug-likeness (QED) is 0.125. The second kappa shape index (κ2) is 33.0. The topological polar surface area (TPSA) is 62.0 Å². The van der Waals surface area contributed by atoms with E-state index in [9.17, 15) is 9.18 Å². The number of rotatable bonds is 3. The van der Waals surface area contributed by atoms with Crippen molar-refractivity contribution in [3.63, 3.8) is 0 Å². The number of thioether (sulfide) groups is 2. The summed E-state index contributed by atoms with van der Waals surface area (Å²) in [6, 6.07) is 22.9. The van der Waals surface area contributed by atoms with E-state index in [4.69, 9.17) is 33.4 Å². The first-order valence-corrected chi connectivity index (χ1v) is 15.2. The summed E-state index contributed by atoms with van der Waals surface area (Å²) in [5.41, 5.74) is 8.33. The molecule has 47 heavy (non-hydrogen) atoms. The van der Waals surface area contributed by atoms with Crippen LogP contribution in [0.15, 0.2) is 88.6 Å². The number of aliphatic hydroxyl groups excluding tert-OH is 1. The summed E-state index contributed by atoms with van der Waals surface area (Å²) in [6.45, 7) is 13.4. The number of alkyl halides is 1. The number of hydrogen-bond donors (Lipinski definition) is 1. The van der Waals surface area contributed by atoms with Crippen molar-refractivity contribution in [1.82, 2.24) is 0 Å². The Morgan fingerprint density at radius 3 is 1.19 bits per heavy atom. The van der Waals surface area contributed by atoms with Crippen LogP contribution in [0.2, 0.25) is 0 Å². The number of aryl methyl sites for hydroxylation is 5. The van der Waals surface area contributed by atoms with Crippen molar-refractivity contribution in [2.24, 2.45) is 9.98 Å². The smallest absolute Gasteiger partial charge is 0.155 e. The van der Waals surface area contributed by atoms with E-state index in [2.05, 4.69) is 83.1 Å². The zero-order chi connectivity index (χ0) is 34.1. The van der Waals surface area contributed by atoms with E-state index in [1.807, 2.05) is 41.7 Å². The van der Waals surface area contributed by atoms with Gasteiger partial charge >= 0.3 is 0 Å². The van der Waals surface area contributed by atoms with Crippen LogP contribution in [0.1, 0.15) is 56.5 Å². The molecule has 12 heteroatoms. The van der Waals surface area contributed by atoms with Crippen molar-refractivity contribution in [3.05, 3.63) is 106 Å². The van der Waals surface area contributed by atoms with E-state index >= 15 is 0 Å². The van der Waals surface area contributed by atoms with Crippen LogP contribution in [0.3, 0.4) is 0 Å². The molecule has 0 amide bonds. The average molecular weight is 748 g/mol. The molecule has 1 N–H and O–H groups in total. The summed E-state index contributed by atoms with van der Waals surface area (Å²) in [5.74, 6) is 2.10. The number of hydrogen-bond acceptors (Lipinski definition) is 6. The molecule has 0 atom stereocenters. The number of halogens is 5. The average Bonchev–Trinajstić information content (AvgIpc) is 3.01. The second-order valence-corrected chi connectivity index (χ2v) is 11.2. The molecule has 0 saturated carbocycles. The zero-order valence-corrected chi connectivity index (χ0v) is 29.2. The van der Waals surface area contributed by atoms with Gasteiger partial charge in [-0.3, -0.25) is 9.18 Å². The molecule has 1 aliphatic heterocycles. The van der Waals surface area contributed by atoms with E-state index in [0.29, 0.717) is 7.18 Å². The number of carbonyl (C=O) groups excluding carboxylic acids is 1. The van der Waals surface area contributed by atoms with Gasteiger partial charge in [0, 0.05) is 52.4 Å². The molecule has 0 aliphatic carbocycles. The van der Waals surface area contributed by atoms with Gasteiger partial charge in [-0.1, -0.05) is 87.1 Å². The van der Waals surface area contributed by atoms with Gasteiger partial charge in [-0.05, 0) is 70.7 Å². The summed E-state index contributed by atoms with van der Waals surface area (Å²) < 4.78 is 41.5. The molecule has 1 aliphatic rings. The van der Waals surface area contributed by atoms with Crippen LogP contribution in [0.5, 0.6) is 0 Å². The van der Waals surface area contributed by atoms with Crippen LogP contribution in [0.4, 0.5) is 34.1 Å². The van der Waals surface area contributed by atoms with E-state index < -0.39 is 0 Å². The largest absolute Gasteiger partial charge is 0.512 e. The standard InChI is InChI=1S/C20H22N2S2.C7H8.C5H8O2.CH3F.2CH4.2F2.Ni/c1-13-7-5-8-14(2)17(13)21-19-20(24-12-11-23-19)22-18-15(3)9-6-10-16(18)4;1-7-5-3-2-4-6-7;1-4(6)3-5(2)7;1-2;;;2*1-2;/h5-10H,11-12H2,1-4H3;2-6H,1H3;3,6H,1-2H3;1H3;2*1H4;;;. The molecular formula is C35H49F5N2NiO2S2. The molecule has 3 aromatic rings. The van der Waals surface area contributed by atoms with Gasteiger partial charge in [0.15, 0.2) is 5.78 Å². The van der Waals surface area contributed by atoms with Gasteiger partial charge in [-0.15, -0.1) is 23.5 Å². The maximum atomic E-state index is 10.0. The van der Waals surface area contributed by atoms with E-state index in [1.54, 1.807) is 0 Å². The summed E-state index contributed by atoms with van der Waals surface area (Å²) in [6.07, 6.45) is 1.17. The van der Waals surface area contributed by atoms with Crippen molar-refractivity contribution in [2.45, 2.75) is 63.3 Å². The SMILES string of the molecule is C.C.CC(=O)C=C(C)O.CF.Cc1cccc(C)c1N=C1SCCSC1=Nc1c(C)cccc1C.Cc1ccccc1.FF.FF.[Ni]. The van der Waals surface area contributed by atoms with Crippen molar-refractivity contribution < 1.29 is 49.1 Å². The van der Waals surface area contributed by atoms with Gasteiger partial charge in [-0.2, -0.15) is 0 Å². The third-order valence-corrected chi connectivity index (χ3v) is 7.72. The monoisotopic (exact) mass is 746 g/mol. The van der Waals surface area contributed by atoms with Crippen LogP contribution < -0.4 is 0 Å². The van der Waals surface area contributed by atoms with Crippen molar-refractivity contribution >= 4 is 50.8 Å². The molecule has 0 bridgehead atoms. The summed E-state index contributed by atoms with van der Waals surface area (Å²) >= 11 is 3.63. The van der Waals surface area contributed by atoms with Gasteiger partial charge in [0.2, 0.25) is 0 Å². The number of aliphatic hydroxyl groups is 1. The Kier molecular flexibility index (Phi) is 37.6. The van der Waals surface area contributed by atoms with E-state index in [1.165, 1.54) is 47.7 Å². The van der Waals surface area contributed by atoms with E-state index in [0.717, 1.165) is 33.0 Å². The molecule has 0 radical (unpaired) electrons. The van der Waals surface area contributed by atoms with Crippen LogP contribution in [-0.2, 0) is 21.3 Å². The fourth-order valence-electron chi connectivity index (χ4n) is 3.56. The maximum Gasteiger partial charge on any atom is 0.155 e. The number of nitrogens with zero attached hydrogens (tertiary/aromatic N) is 2. The summed E-state index contributed by atoms with van der Waals surface area (Å²) in [4.78, 5) is 20.0. The number of aliphatic imine (C=N–C) groups is 2.